The highest BCUT2D eigenvalue weighted by atomic mass is 35.5. The van der Waals surface area contributed by atoms with Crippen molar-refractivity contribution < 1.29 is 9.59 Å². The topological polar surface area (TPSA) is 98.2 Å². The van der Waals surface area contributed by atoms with E-state index in [1.54, 1.807) is 0 Å². The molecule has 6 heteroatoms. The van der Waals surface area contributed by atoms with E-state index in [9.17, 15) is 9.59 Å². The van der Waals surface area contributed by atoms with E-state index in [-0.39, 0.29) is 24.9 Å². The van der Waals surface area contributed by atoms with Gasteiger partial charge in [-0.05, 0) is 6.92 Å². The fourth-order valence-electron chi connectivity index (χ4n) is 0.372. The van der Waals surface area contributed by atoms with Crippen molar-refractivity contribution >= 4 is 24.2 Å². The van der Waals surface area contributed by atoms with Crippen molar-refractivity contribution in [3.8, 4) is 0 Å². The van der Waals surface area contributed by atoms with Gasteiger partial charge in [0.05, 0.1) is 6.54 Å². The molecular weight excluding hydrogens is 170 g/mol. The molecule has 0 spiro atoms. The number of carbonyl (C=O) groups excluding carboxylic acids is 2. The van der Waals surface area contributed by atoms with E-state index in [2.05, 4.69) is 5.32 Å². The Kier molecular flexibility index (Phi) is 6.92. The van der Waals surface area contributed by atoms with Gasteiger partial charge in [0.25, 0.3) is 0 Å². The molecule has 0 saturated heterocycles. The zero-order valence-electron chi connectivity index (χ0n) is 6.16. The Morgan fingerprint density at radius 1 is 1.55 bits per heavy atom. The van der Waals surface area contributed by atoms with Crippen LogP contribution in [0.25, 0.3) is 0 Å². The Hall–Kier alpha value is -0.810. The normalized spacial score (nSPS) is 11.1. The van der Waals surface area contributed by atoms with Crippen molar-refractivity contribution in [1.82, 2.24) is 5.32 Å². The van der Waals surface area contributed by atoms with E-state index in [1.807, 2.05) is 0 Å². The summed E-state index contributed by atoms with van der Waals surface area (Å²) in [7, 11) is 0. The molecule has 0 heterocycles. The molecule has 0 saturated carbocycles. The Labute approximate surface area is 70.9 Å². The highest BCUT2D eigenvalue weighted by Crippen LogP contribution is 1.76. The highest BCUT2D eigenvalue weighted by Gasteiger charge is 2.09. The number of halogens is 1. The summed E-state index contributed by atoms with van der Waals surface area (Å²) in [5, 5.41) is 2.29. The predicted octanol–water partition coefficient (Wildman–Crippen LogP) is -1.64. The van der Waals surface area contributed by atoms with Crippen LogP contribution in [0.1, 0.15) is 6.92 Å². The summed E-state index contributed by atoms with van der Waals surface area (Å²) in [6, 6.07) is -0.643. The van der Waals surface area contributed by atoms with E-state index in [0.717, 1.165) is 0 Å². The lowest BCUT2D eigenvalue weighted by Gasteiger charge is -2.07. The number of nitrogens with one attached hydrogen (secondary N) is 1. The summed E-state index contributed by atoms with van der Waals surface area (Å²) < 4.78 is 0. The van der Waals surface area contributed by atoms with Crippen LogP contribution in [0.4, 0.5) is 0 Å². The van der Waals surface area contributed by atoms with E-state index in [0.29, 0.717) is 0 Å². The number of hydrogen-bond acceptors (Lipinski definition) is 3. The molecule has 2 amide bonds. The second kappa shape index (κ2) is 5.94. The highest BCUT2D eigenvalue weighted by molar-refractivity contribution is 5.86. The molecule has 11 heavy (non-hydrogen) atoms. The van der Waals surface area contributed by atoms with E-state index in [4.69, 9.17) is 11.5 Å². The SMILES string of the molecule is C[C@H](NC(=O)CN)C(N)=O.Cl. The van der Waals surface area contributed by atoms with Crippen molar-refractivity contribution in [1.29, 1.82) is 0 Å². The van der Waals surface area contributed by atoms with Gasteiger partial charge in [0, 0.05) is 0 Å². The number of carbonyl (C=O) groups is 2. The fourth-order valence-corrected chi connectivity index (χ4v) is 0.372. The standard InChI is InChI=1S/C5H11N3O2.ClH/c1-3(5(7)10)8-4(9)2-6;/h3H,2,6H2,1H3,(H2,7,10)(H,8,9);1H/t3-;/m0./s1. The van der Waals surface area contributed by atoms with Gasteiger partial charge in [0.2, 0.25) is 11.8 Å². The molecule has 5 N–H and O–H groups in total. The average molecular weight is 182 g/mol. The quantitative estimate of drug-likeness (QED) is 0.487. The first-order valence-electron chi connectivity index (χ1n) is 2.86. The third-order valence-corrected chi connectivity index (χ3v) is 0.990. The summed E-state index contributed by atoms with van der Waals surface area (Å²) in [4.78, 5) is 20.8. The van der Waals surface area contributed by atoms with Crippen LogP contribution in [0.15, 0.2) is 0 Å². The van der Waals surface area contributed by atoms with Crippen LogP contribution in [0.2, 0.25) is 0 Å². The Balaban J connectivity index is 0. The molecular formula is C5H12ClN3O2. The summed E-state index contributed by atoms with van der Waals surface area (Å²) in [5.74, 6) is -0.951. The van der Waals surface area contributed by atoms with Gasteiger partial charge in [0.15, 0.2) is 0 Å². The third kappa shape index (κ3) is 5.63. The molecule has 0 aliphatic carbocycles. The molecule has 0 aromatic heterocycles. The average Bonchev–Trinajstić information content (AvgIpc) is 1.87. The van der Waals surface area contributed by atoms with Gasteiger partial charge in [-0.2, -0.15) is 0 Å². The zero-order valence-corrected chi connectivity index (χ0v) is 6.98. The number of primary amides is 1. The first-order chi connectivity index (χ1) is 4.57. The molecule has 0 fully saturated rings. The van der Waals surface area contributed by atoms with Crippen LogP contribution in [0.3, 0.4) is 0 Å². The summed E-state index contributed by atoms with van der Waals surface area (Å²) in [5.41, 5.74) is 9.80. The maximum Gasteiger partial charge on any atom is 0.239 e. The lowest BCUT2D eigenvalue weighted by molar-refractivity contribution is -0.126. The molecule has 1 atom stereocenters. The lowest BCUT2D eigenvalue weighted by atomic mass is 10.3. The second-order valence-electron chi connectivity index (χ2n) is 1.90. The molecule has 0 aliphatic rings. The summed E-state index contributed by atoms with van der Waals surface area (Å²) >= 11 is 0. The van der Waals surface area contributed by atoms with Crippen LogP contribution >= 0.6 is 12.4 Å². The molecule has 0 aromatic carbocycles. The minimum absolute atomic E-state index is 0. The van der Waals surface area contributed by atoms with Crippen LogP contribution in [0.5, 0.6) is 0 Å². The molecule has 0 bridgehead atoms. The van der Waals surface area contributed by atoms with Gasteiger partial charge in [-0.1, -0.05) is 0 Å². The van der Waals surface area contributed by atoms with Gasteiger partial charge in [-0.3, -0.25) is 9.59 Å². The van der Waals surface area contributed by atoms with Crippen molar-refractivity contribution in [3.05, 3.63) is 0 Å². The molecule has 0 unspecified atom stereocenters. The Morgan fingerprint density at radius 3 is 2.27 bits per heavy atom. The van der Waals surface area contributed by atoms with Gasteiger partial charge >= 0.3 is 0 Å². The van der Waals surface area contributed by atoms with Gasteiger partial charge < -0.3 is 16.8 Å². The van der Waals surface area contributed by atoms with Gasteiger partial charge in [0.1, 0.15) is 6.04 Å². The number of nitrogens with two attached hydrogens (primary N) is 2. The first kappa shape index (κ1) is 12.8. The predicted molar refractivity (Wildman–Crippen MR) is 43.1 cm³/mol. The lowest BCUT2D eigenvalue weighted by Crippen LogP contribution is -2.44. The molecule has 0 aliphatic heterocycles. The third-order valence-electron chi connectivity index (χ3n) is 0.990. The monoisotopic (exact) mass is 181 g/mol. The van der Waals surface area contributed by atoms with Gasteiger partial charge in [-0.15, -0.1) is 12.4 Å². The summed E-state index contributed by atoms with van der Waals surface area (Å²) in [6.07, 6.45) is 0. The molecule has 0 radical (unpaired) electrons. The Morgan fingerprint density at radius 2 is 2.00 bits per heavy atom. The van der Waals surface area contributed by atoms with Gasteiger partial charge in [-0.25, -0.2) is 0 Å². The van der Waals surface area contributed by atoms with Crippen LogP contribution in [-0.2, 0) is 9.59 Å². The summed E-state index contributed by atoms with van der Waals surface area (Å²) in [6.45, 7) is 1.37. The van der Waals surface area contributed by atoms with E-state index in [1.165, 1.54) is 6.92 Å². The maximum atomic E-state index is 10.5. The number of rotatable bonds is 3. The molecule has 66 valence electrons. The minimum atomic E-state index is -0.643. The van der Waals surface area contributed by atoms with Crippen LogP contribution < -0.4 is 16.8 Å². The van der Waals surface area contributed by atoms with E-state index >= 15 is 0 Å². The largest absolute Gasteiger partial charge is 0.368 e. The molecule has 0 aromatic rings. The number of hydrogen-bond donors (Lipinski definition) is 3. The molecule has 0 rings (SSSR count). The van der Waals surface area contributed by atoms with Crippen molar-refractivity contribution in [3.63, 3.8) is 0 Å². The zero-order chi connectivity index (χ0) is 8.15. The number of amides is 2. The second-order valence-corrected chi connectivity index (χ2v) is 1.90. The van der Waals surface area contributed by atoms with Crippen molar-refractivity contribution in [2.75, 3.05) is 6.54 Å². The smallest absolute Gasteiger partial charge is 0.239 e. The Bertz CT molecular complexity index is 151. The minimum Gasteiger partial charge on any atom is -0.368 e. The van der Waals surface area contributed by atoms with Crippen molar-refractivity contribution in [2.24, 2.45) is 11.5 Å². The fraction of sp³-hybridized carbons (Fsp3) is 0.600. The van der Waals surface area contributed by atoms with Crippen LogP contribution in [-0.4, -0.2) is 24.4 Å². The maximum absolute atomic E-state index is 10.5. The van der Waals surface area contributed by atoms with Crippen molar-refractivity contribution in [2.45, 2.75) is 13.0 Å². The van der Waals surface area contributed by atoms with Crippen LogP contribution in [0, 0.1) is 0 Å². The van der Waals surface area contributed by atoms with E-state index < -0.39 is 11.9 Å². The molecule has 5 nitrogen and oxygen atoms in total. The first-order valence-corrected chi connectivity index (χ1v) is 2.86.